The number of ether oxygens (including phenoxy) is 1. The molecule has 4 aromatic rings. The average molecular weight is 523 g/mol. The predicted molar refractivity (Wildman–Crippen MR) is 136 cm³/mol. The van der Waals surface area contributed by atoms with Crippen LogP contribution in [0.2, 0.25) is 0 Å². The number of carbonyl (C=O) groups excluding carboxylic acids is 1. The fourth-order valence-electron chi connectivity index (χ4n) is 3.46. The molecule has 3 aromatic carbocycles. The predicted octanol–water partition coefficient (Wildman–Crippen LogP) is 6.05. The molecule has 0 atom stereocenters. The molecule has 0 spiro atoms. The van der Waals surface area contributed by atoms with Crippen molar-refractivity contribution in [3.05, 3.63) is 82.3 Å². The number of nitrogens with one attached hydrogen (secondary N) is 1. The first-order chi connectivity index (χ1) is 16.0. The van der Waals surface area contributed by atoms with Gasteiger partial charge in [0.2, 0.25) is 5.91 Å². The van der Waals surface area contributed by atoms with Gasteiger partial charge in [-0.3, -0.25) is 9.36 Å². The monoisotopic (exact) mass is 522 g/mol. The second kappa shape index (κ2) is 10.2. The number of hydrogen-bond donors (Lipinski definition) is 1. The van der Waals surface area contributed by atoms with Crippen LogP contribution in [0.3, 0.4) is 0 Å². The van der Waals surface area contributed by atoms with Crippen LogP contribution >= 0.6 is 27.7 Å². The Kier molecular flexibility index (Phi) is 7.15. The van der Waals surface area contributed by atoms with Gasteiger partial charge in [-0.15, -0.1) is 10.2 Å². The summed E-state index contributed by atoms with van der Waals surface area (Å²) in [5.41, 5.74) is 4.71. The Hall–Kier alpha value is -3.10. The molecule has 8 heteroatoms. The van der Waals surface area contributed by atoms with Crippen LogP contribution in [0, 0.1) is 13.8 Å². The second-order valence-corrected chi connectivity index (χ2v) is 9.22. The molecule has 1 aromatic heterocycles. The first-order valence-corrected chi connectivity index (χ1v) is 12.1. The van der Waals surface area contributed by atoms with E-state index in [1.54, 1.807) is 7.11 Å². The molecule has 0 aliphatic rings. The lowest BCUT2D eigenvalue weighted by atomic mass is 10.1. The molecule has 33 heavy (non-hydrogen) atoms. The summed E-state index contributed by atoms with van der Waals surface area (Å²) in [6.07, 6.45) is 0. The Balaban J connectivity index is 1.64. The fourth-order valence-corrected chi connectivity index (χ4v) is 4.68. The van der Waals surface area contributed by atoms with E-state index in [1.807, 2.05) is 85.1 Å². The third-order valence-corrected chi connectivity index (χ3v) is 6.78. The van der Waals surface area contributed by atoms with Gasteiger partial charge in [0.05, 0.1) is 12.9 Å². The van der Waals surface area contributed by atoms with E-state index in [0.717, 1.165) is 38.3 Å². The van der Waals surface area contributed by atoms with E-state index in [2.05, 4.69) is 31.4 Å². The average Bonchev–Trinajstić information content (AvgIpc) is 3.24. The number of nitrogens with zero attached hydrogens (tertiary/aromatic N) is 3. The maximum absolute atomic E-state index is 12.7. The Morgan fingerprint density at radius 1 is 1.00 bits per heavy atom. The summed E-state index contributed by atoms with van der Waals surface area (Å²) in [4.78, 5) is 12.7. The van der Waals surface area contributed by atoms with Gasteiger partial charge < -0.3 is 10.1 Å². The normalized spacial score (nSPS) is 10.8. The number of halogens is 1. The lowest BCUT2D eigenvalue weighted by molar-refractivity contribution is -0.113. The maximum atomic E-state index is 12.7. The van der Waals surface area contributed by atoms with Gasteiger partial charge in [0.1, 0.15) is 5.75 Å². The number of carbonyl (C=O) groups is 1. The van der Waals surface area contributed by atoms with E-state index < -0.39 is 0 Å². The van der Waals surface area contributed by atoms with E-state index in [9.17, 15) is 4.79 Å². The van der Waals surface area contributed by atoms with Gasteiger partial charge in [0.15, 0.2) is 11.0 Å². The molecule has 1 heterocycles. The number of anilines is 1. The quantitative estimate of drug-likeness (QED) is 0.299. The van der Waals surface area contributed by atoms with Crippen molar-refractivity contribution in [2.24, 2.45) is 0 Å². The van der Waals surface area contributed by atoms with Crippen molar-refractivity contribution in [2.75, 3.05) is 18.2 Å². The van der Waals surface area contributed by atoms with Crippen LogP contribution in [0.25, 0.3) is 17.1 Å². The molecule has 0 aliphatic heterocycles. The zero-order valence-electron chi connectivity index (χ0n) is 18.5. The van der Waals surface area contributed by atoms with Crippen molar-refractivity contribution in [3.63, 3.8) is 0 Å². The molecule has 1 N–H and O–H groups in total. The van der Waals surface area contributed by atoms with Crippen molar-refractivity contribution < 1.29 is 9.53 Å². The van der Waals surface area contributed by atoms with Crippen LogP contribution in [0.1, 0.15) is 11.1 Å². The number of aryl methyl sites for hydroxylation is 2. The fraction of sp³-hybridized carbons (Fsp3) is 0.160. The minimum atomic E-state index is -0.0934. The van der Waals surface area contributed by atoms with Crippen molar-refractivity contribution in [1.29, 1.82) is 0 Å². The SMILES string of the molecule is COc1ccc(-n2c(SCC(=O)Nc3c(C)cccc3C)nnc2-c2ccccc2Br)cc1. The largest absolute Gasteiger partial charge is 0.497 e. The van der Waals surface area contributed by atoms with E-state index in [0.29, 0.717) is 11.0 Å². The van der Waals surface area contributed by atoms with Gasteiger partial charge >= 0.3 is 0 Å². The lowest BCUT2D eigenvalue weighted by Crippen LogP contribution is -2.16. The summed E-state index contributed by atoms with van der Waals surface area (Å²) in [6, 6.07) is 21.5. The summed E-state index contributed by atoms with van der Waals surface area (Å²) in [6.45, 7) is 3.97. The molecule has 6 nitrogen and oxygen atoms in total. The summed E-state index contributed by atoms with van der Waals surface area (Å²) >= 11 is 4.96. The molecule has 1 amide bonds. The topological polar surface area (TPSA) is 69.0 Å². The minimum absolute atomic E-state index is 0.0934. The maximum Gasteiger partial charge on any atom is 0.234 e. The number of amides is 1. The highest BCUT2D eigenvalue weighted by Crippen LogP contribution is 2.32. The van der Waals surface area contributed by atoms with Crippen LogP contribution in [0.4, 0.5) is 5.69 Å². The van der Waals surface area contributed by atoms with Gasteiger partial charge in [0, 0.05) is 21.4 Å². The highest BCUT2D eigenvalue weighted by atomic mass is 79.9. The van der Waals surface area contributed by atoms with Gasteiger partial charge in [0.25, 0.3) is 0 Å². The van der Waals surface area contributed by atoms with Gasteiger partial charge in [-0.2, -0.15) is 0 Å². The molecule has 0 unspecified atom stereocenters. The molecule has 168 valence electrons. The molecule has 0 radical (unpaired) electrons. The summed E-state index contributed by atoms with van der Waals surface area (Å²) in [5.74, 6) is 1.56. The van der Waals surface area contributed by atoms with Gasteiger partial charge in [-0.25, -0.2) is 0 Å². The first kappa shape index (κ1) is 23.1. The number of hydrogen-bond acceptors (Lipinski definition) is 5. The van der Waals surface area contributed by atoms with Crippen LogP contribution in [-0.2, 0) is 4.79 Å². The van der Waals surface area contributed by atoms with Gasteiger partial charge in [-0.05, 0) is 55.3 Å². The smallest absolute Gasteiger partial charge is 0.234 e. The number of benzene rings is 3. The van der Waals surface area contributed by atoms with Gasteiger partial charge in [-0.1, -0.05) is 64.1 Å². The molecule has 0 saturated heterocycles. The zero-order chi connectivity index (χ0) is 23.4. The Labute approximate surface area is 205 Å². The highest BCUT2D eigenvalue weighted by Gasteiger charge is 2.19. The van der Waals surface area contributed by atoms with Crippen LogP contribution in [0.15, 0.2) is 76.4 Å². The number of rotatable bonds is 7. The molecule has 0 aliphatic carbocycles. The summed E-state index contributed by atoms with van der Waals surface area (Å²) in [7, 11) is 1.64. The van der Waals surface area contributed by atoms with Crippen LogP contribution in [-0.4, -0.2) is 33.5 Å². The van der Waals surface area contributed by atoms with Crippen molar-refractivity contribution in [3.8, 4) is 22.8 Å². The van der Waals surface area contributed by atoms with Crippen molar-refractivity contribution in [1.82, 2.24) is 14.8 Å². The van der Waals surface area contributed by atoms with E-state index in [4.69, 9.17) is 4.74 Å². The minimum Gasteiger partial charge on any atom is -0.497 e. The standard InChI is InChI=1S/C25H23BrN4O2S/c1-16-7-6-8-17(2)23(16)27-22(31)15-33-25-29-28-24(20-9-4-5-10-21(20)26)30(25)18-11-13-19(32-3)14-12-18/h4-14H,15H2,1-3H3,(H,27,31). The molecule has 0 saturated carbocycles. The third kappa shape index (κ3) is 5.12. The Bertz CT molecular complexity index is 1270. The molecule has 0 bridgehead atoms. The summed E-state index contributed by atoms with van der Waals surface area (Å²) in [5, 5.41) is 12.5. The van der Waals surface area contributed by atoms with E-state index in [-0.39, 0.29) is 11.7 Å². The first-order valence-electron chi connectivity index (χ1n) is 10.3. The number of aromatic nitrogens is 3. The lowest BCUT2D eigenvalue weighted by Gasteiger charge is -2.13. The van der Waals surface area contributed by atoms with Crippen LogP contribution in [0.5, 0.6) is 5.75 Å². The van der Waals surface area contributed by atoms with Crippen LogP contribution < -0.4 is 10.1 Å². The van der Waals surface area contributed by atoms with Crippen molar-refractivity contribution >= 4 is 39.3 Å². The molecule has 4 rings (SSSR count). The molecular weight excluding hydrogens is 500 g/mol. The van der Waals surface area contributed by atoms with E-state index in [1.165, 1.54) is 11.8 Å². The highest BCUT2D eigenvalue weighted by molar-refractivity contribution is 9.10. The zero-order valence-corrected chi connectivity index (χ0v) is 20.9. The Morgan fingerprint density at radius 2 is 1.70 bits per heavy atom. The van der Waals surface area contributed by atoms with Crippen molar-refractivity contribution in [2.45, 2.75) is 19.0 Å². The number of methoxy groups -OCH3 is 1. The molecular formula is C25H23BrN4O2S. The number of para-hydroxylation sites is 1. The Morgan fingerprint density at radius 3 is 2.36 bits per heavy atom. The third-order valence-electron chi connectivity index (χ3n) is 5.16. The second-order valence-electron chi connectivity index (χ2n) is 7.42. The number of thioether (sulfide) groups is 1. The summed E-state index contributed by atoms with van der Waals surface area (Å²) < 4.78 is 8.17. The van der Waals surface area contributed by atoms with E-state index >= 15 is 0 Å². The molecule has 0 fully saturated rings.